The number of benzene rings is 1. The predicted octanol–water partition coefficient (Wildman–Crippen LogP) is 5.42. The molecule has 0 aliphatic carbocycles. The van der Waals surface area contributed by atoms with Crippen LogP contribution in [0.5, 0.6) is 0 Å². The molecule has 1 unspecified atom stereocenters. The van der Waals surface area contributed by atoms with Gasteiger partial charge in [-0.25, -0.2) is 0 Å². The van der Waals surface area contributed by atoms with E-state index in [1.165, 1.54) is 10.4 Å². The number of rotatable bonds is 6. The lowest BCUT2D eigenvalue weighted by Crippen LogP contribution is -2.34. The van der Waals surface area contributed by atoms with Gasteiger partial charge in [0.2, 0.25) is 0 Å². The highest BCUT2D eigenvalue weighted by Crippen LogP contribution is 2.28. The van der Waals surface area contributed by atoms with Crippen molar-refractivity contribution < 1.29 is 0 Å². The molecule has 0 radical (unpaired) electrons. The molecule has 1 nitrogen and oxygen atoms in total. The zero-order valence-corrected chi connectivity index (χ0v) is 13.9. The Morgan fingerprint density at radius 2 is 2.05 bits per heavy atom. The average molecular weight is 308 g/mol. The largest absolute Gasteiger partial charge is 0.309 e. The van der Waals surface area contributed by atoms with Crippen LogP contribution in [-0.4, -0.2) is 6.54 Å². The van der Waals surface area contributed by atoms with Crippen molar-refractivity contribution in [3.8, 4) is 0 Å². The quantitative estimate of drug-likeness (QED) is 0.751. The summed E-state index contributed by atoms with van der Waals surface area (Å²) in [5.41, 5.74) is 1.42. The number of halogens is 1. The van der Waals surface area contributed by atoms with Crippen LogP contribution in [0.25, 0.3) is 0 Å². The molecule has 0 saturated carbocycles. The molecule has 0 aliphatic rings. The van der Waals surface area contributed by atoms with Crippen LogP contribution in [0.3, 0.4) is 0 Å². The van der Waals surface area contributed by atoms with Crippen molar-refractivity contribution >= 4 is 22.9 Å². The van der Waals surface area contributed by atoms with Gasteiger partial charge in [0.1, 0.15) is 0 Å². The summed E-state index contributed by atoms with van der Waals surface area (Å²) in [5, 5.41) is 6.64. The Hall–Kier alpha value is -0.830. The minimum Gasteiger partial charge on any atom is -0.309 e. The van der Waals surface area contributed by atoms with Crippen LogP contribution in [-0.2, 0) is 5.41 Å². The van der Waals surface area contributed by atoms with Crippen molar-refractivity contribution in [3.63, 3.8) is 0 Å². The second kappa shape index (κ2) is 6.75. The van der Waals surface area contributed by atoms with Crippen molar-refractivity contribution in [2.75, 3.05) is 6.54 Å². The third kappa shape index (κ3) is 3.85. The van der Waals surface area contributed by atoms with Gasteiger partial charge in [-0.1, -0.05) is 50.6 Å². The van der Waals surface area contributed by atoms with Crippen LogP contribution in [0.15, 0.2) is 41.8 Å². The molecule has 0 bridgehead atoms. The standard InChI is InChI=1S/C17H22ClNS/c1-4-15(13-7-5-8-14(18)11-13)19-12-17(2,3)16-9-6-10-20-16/h5-11,15,19H,4,12H2,1-3H3. The van der Waals surface area contributed by atoms with Gasteiger partial charge in [0.05, 0.1) is 0 Å². The van der Waals surface area contributed by atoms with Crippen LogP contribution in [0.1, 0.15) is 43.7 Å². The molecule has 0 fully saturated rings. The topological polar surface area (TPSA) is 12.0 Å². The van der Waals surface area contributed by atoms with Gasteiger partial charge in [-0.05, 0) is 35.6 Å². The molecule has 20 heavy (non-hydrogen) atoms. The van der Waals surface area contributed by atoms with Gasteiger partial charge in [-0.3, -0.25) is 0 Å². The summed E-state index contributed by atoms with van der Waals surface area (Å²) in [6, 6.07) is 12.8. The number of nitrogens with one attached hydrogen (secondary N) is 1. The molecule has 1 N–H and O–H groups in total. The molecular formula is C17H22ClNS. The van der Waals surface area contributed by atoms with Gasteiger partial charge < -0.3 is 5.32 Å². The van der Waals surface area contributed by atoms with Crippen LogP contribution in [0, 0.1) is 0 Å². The Morgan fingerprint density at radius 1 is 1.25 bits per heavy atom. The lowest BCUT2D eigenvalue weighted by atomic mass is 9.90. The van der Waals surface area contributed by atoms with E-state index >= 15 is 0 Å². The second-order valence-electron chi connectivity index (χ2n) is 5.76. The van der Waals surface area contributed by atoms with Crippen LogP contribution < -0.4 is 5.32 Å². The van der Waals surface area contributed by atoms with Crippen molar-refractivity contribution in [1.29, 1.82) is 0 Å². The minimum absolute atomic E-state index is 0.153. The van der Waals surface area contributed by atoms with E-state index in [1.54, 1.807) is 0 Å². The van der Waals surface area contributed by atoms with E-state index in [0.717, 1.165) is 18.0 Å². The van der Waals surface area contributed by atoms with Gasteiger partial charge in [0, 0.05) is 27.9 Å². The van der Waals surface area contributed by atoms with Gasteiger partial charge in [0.15, 0.2) is 0 Å². The van der Waals surface area contributed by atoms with Crippen molar-refractivity contribution in [2.24, 2.45) is 0 Å². The highest BCUT2D eigenvalue weighted by Gasteiger charge is 2.23. The fraction of sp³-hybridized carbons (Fsp3) is 0.412. The van der Waals surface area contributed by atoms with Crippen molar-refractivity contribution in [2.45, 2.75) is 38.6 Å². The molecule has 0 aliphatic heterocycles. The lowest BCUT2D eigenvalue weighted by Gasteiger charge is -2.27. The SMILES string of the molecule is CCC(NCC(C)(C)c1cccs1)c1cccc(Cl)c1. The van der Waals surface area contributed by atoms with Crippen LogP contribution in [0.4, 0.5) is 0 Å². The third-order valence-electron chi connectivity index (χ3n) is 3.64. The molecule has 3 heteroatoms. The summed E-state index contributed by atoms with van der Waals surface area (Å²) in [6.07, 6.45) is 1.06. The zero-order valence-electron chi connectivity index (χ0n) is 12.3. The van der Waals surface area contributed by atoms with Gasteiger partial charge in [-0.15, -0.1) is 11.3 Å². The second-order valence-corrected chi connectivity index (χ2v) is 7.14. The molecule has 1 atom stereocenters. The monoisotopic (exact) mass is 307 g/mol. The maximum Gasteiger partial charge on any atom is 0.0409 e. The van der Waals surface area contributed by atoms with E-state index in [9.17, 15) is 0 Å². The van der Waals surface area contributed by atoms with E-state index in [-0.39, 0.29) is 5.41 Å². The molecule has 0 saturated heterocycles. The Balaban J connectivity index is 2.04. The van der Waals surface area contributed by atoms with Gasteiger partial charge in [0.25, 0.3) is 0 Å². The highest BCUT2D eigenvalue weighted by atomic mass is 35.5. The zero-order chi connectivity index (χ0) is 14.6. The Labute approximate surface area is 131 Å². The van der Waals surface area contributed by atoms with Crippen LogP contribution >= 0.6 is 22.9 Å². The summed E-state index contributed by atoms with van der Waals surface area (Å²) in [7, 11) is 0. The first-order valence-electron chi connectivity index (χ1n) is 7.06. The molecule has 108 valence electrons. The van der Waals surface area contributed by atoms with Crippen molar-refractivity contribution in [1.82, 2.24) is 5.32 Å². The summed E-state index contributed by atoms with van der Waals surface area (Å²) < 4.78 is 0. The summed E-state index contributed by atoms with van der Waals surface area (Å²) in [5.74, 6) is 0. The first-order chi connectivity index (χ1) is 9.53. The fourth-order valence-corrected chi connectivity index (χ4v) is 3.40. The number of hydrogen-bond acceptors (Lipinski definition) is 2. The molecule has 1 heterocycles. The van der Waals surface area contributed by atoms with E-state index in [2.05, 4.69) is 55.7 Å². The molecule has 2 aromatic rings. The number of hydrogen-bond donors (Lipinski definition) is 1. The number of thiophene rings is 1. The summed E-state index contributed by atoms with van der Waals surface area (Å²) >= 11 is 7.92. The summed E-state index contributed by atoms with van der Waals surface area (Å²) in [4.78, 5) is 1.42. The normalized spacial score (nSPS) is 13.4. The first-order valence-corrected chi connectivity index (χ1v) is 8.31. The molecule has 0 spiro atoms. The Morgan fingerprint density at radius 3 is 2.65 bits per heavy atom. The lowest BCUT2D eigenvalue weighted by molar-refractivity contribution is 0.421. The Kier molecular flexibility index (Phi) is 5.25. The first kappa shape index (κ1) is 15.6. The van der Waals surface area contributed by atoms with Crippen molar-refractivity contribution in [3.05, 3.63) is 57.2 Å². The van der Waals surface area contributed by atoms with E-state index < -0.39 is 0 Å². The van der Waals surface area contributed by atoms with E-state index in [4.69, 9.17) is 11.6 Å². The Bertz CT molecular complexity index is 534. The molecule has 1 aromatic heterocycles. The smallest absolute Gasteiger partial charge is 0.0409 e. The van der Waals surface area contributed by atoms with E-state index in [0.29, 0.717) is 6.04 Å². The predicted molar refractivity (Wildman–Crippen MR) is 89.8 cm³/mol. The molecule has 0 amide bonds. The molecular weight excluding hydrogens is 286 g/mol. The van der Waals surface area contributed by atoms with Gasteiger partial charge in [-0.2, -0.15) is 0 Å². The maximum absolute atomic E-state index is 6.09. The molecule has 2 rings (SSSR count). The van der Waals surface area contributed by atoms with E-state index in [1.807, 2.05) is 23.5 Å². The third-order valence-corrected chi connectivity index (χ3v) is 5.11. The summed E-state index contributed by atoms with van der Waals surface area (Å²) in [6.45, 7) is 7.74. The average Bonchev–Trinajstić information content (AvgIpc) is 2.94. The van der Waals surface area contributed by atoms with Crippen LogP contribution in [0.2, 0.25) is 5.02 Å². The highest BCUT2D eigenvalue weighted by molar-refractivity contribution is 7.10. The minimum atomic E-state index is 0.153. The fourth-order valence-electron chi connectivity index (χ4n) is 2.35. The van der Waals surface area contributed by atoms with Gasteiger partial charge >= 0.3 is 0 Å². The molecule has 1 aromatic carbocycles. The maximum atomic E-state index is 6.09.